The largest absolute Gasteiger partial charge is 0.399 e. The molecule has 17 heavy (non-hydrogen) atoms. The van der Waals surface area contributed by atoms with E-state index in [1.54, 1.807) is 0 Å². The van der Waals surface area contributed by atoms with E-state index in [2.05, 4.69) is 23.1 Å². The van der Waals surface area contributed by atoms with Gasteiger partial charge in [-0.2, -0.15) is 0 Å². The highest BCUT2D eigenvalue weighted by Crippen LogP contribution is 2.19. The molecule has 0 aliphatic carbocycles. The van der Waals surface area contributed by atoms with Gasteiger partial charge in [-0.15, -0.1) is 0 Å². The number of rotatable bonds is 2. The average molecular weight is 230 g/mol. The van der Waals surface area contributed by atoms with E-state index in [0.29, 0.717) is 6.04 Å². The Morgan fingerprint density at radius 2 is 2.41 bits per heavy atom. The Morgan fingerprint density at radius 3 is 3.18 bits per heavy atom. The lowest BCUT2D eigenvalue weighted by molar-refractivity contribution is 0.308. The average Bonchev–Trinajstić information content (AvgIpc) is 2.85. The number of nitrogen functional groups attached to an aromatic ring is 1. The molecule has 1 fully saturated rings. The Balaban J connectivity index is 1.85. The predicted molar refractivity (Wildman–Crippen MR) is 69.0 cm³/mol. The molecule has 4 heteroatoms. The second-order valence-electron chi connectivity index (χ2n) is 4.94. The van der Waals surface area contributed by atoms with Crippen molar-refractivity contribution in [3.63, 3.8) is 0 Å². The third-order valence-corrected chi connectivity index (χ3v) is 3.65. The van der Waals surface area contributed by atoms with Crippen molar-refractivity contribution in [2.24, 2.45) is 0 Å². The van der Waals surface area contributed by atoms with Crippen LogP contribution in [0.3, 0.4) is 0 Å². The molecule has 0 radical (unpaired) electrons. The van der Waals surface area contributed by atoms with Gasteiger partial charge < -0.3 is 15.0 Å². The number of imidazole rings is 1. The number of likely N-dealkylation sites (N-methyl/N-ethyl adjacent to an activating group) is 1. The molecule has 4 nitrogen and oxygen atoms in total. The number of nitrogens with zero attached hydrogens (tertiary/aromatic N) is 3. The summed E-state index contributed by atoms with van der Waals surface area (Å²) in [7, 11) is 2.20. The van der Waals surface area contributed by atoms with E-state index in [1.165, 1.54) is 19.4 Å². The molecule has 2 N–H and O–H groups in total. The zero-order chi connectivity index (χ0) is 11.8. The molecule has 0 spiro atoms. The lowest BCUT2D eigenvalue weighted by atomic mass is 10.1. The molecule has 2 aromatic heterocycles. The number of fused-ring (bicyclic) bond motifs is 1. The van der Waals surface area contributed by atoms with Crippen molar-refractivity contribution < 1.29 is 0 Å². The molecule has 0 saturated carbocycles. The fraction of sp³-hybridized carbons (Fsp3) is 0.462. The van der Waals surface area contributed by atoms with E-state index >= 15 is 0 Å². The number of aromatic nitrogens is 2. The summed E-state index contributed by atoms with van der Waals surface area (Å²) in [5.74, 6) is 0. The standard InChI is InChI=1S/C13H18N4/c1-16-5-2-3-12(16)8-11-9-17-6-4-10(14)7-13(17)15-11/h4,6-7,9,12H,2-3,5,8,14H2,1H3. The van der Waals surface area contributed by atoms with Crippen molar-refractivity contribution in [2.75, 3.05) is 19.3 Å². The van der Waals surface area contributed by atoms with Crippen LogP contribution >= 0.6 is 0 Å². The summed E-state index contributed by atoms with van der Waals surface area (Å²) in [6.45, 7) is 1.21. The van der Waals surface area contributed by atoms with Crippen LogP contribution in [0.4, 0.5) is 5.69 Å². The minimum atomic E-state index is 0.650. The molecule has 3 heterocycles. The second-order valence-corrected chi connectivity index (χ2v) is 4.94. The molecule has 1 atom stereocenters. The Hall–Kier alpha value is -1.55. The molecule has 1 aliphatic rings. The number of likely N-dealkylation sites (tertiary alicyclic amines) is 1. The highest BCUT2D eigenvalue weighted by atomic mass is 15.1. The smallest absolute Gasteiger partial charge is 0.139 e. The van der Waals surface area contributed by atoms with Crippen LogP contribution in [0, 0.1) is 0 Å². The summed E-state index contributed by atoms with van der Waals surface area (Å²) in [5, 5.41) is 0. The van der Waals surface area contributed by atoms with Crippen molar-refractivity contribution in [1.82, 2.24) is 14.3 Å². The van der Waals surface area contributed by atoms with Crippen LogP contribution in [0.15, 0.2) is 24.5 Å². The maximum Gasteiger partial charge on any atom is 0.139 e. The van der Waals surface area contributed by atoms with E-state index in [0.717, 1.165) is 23.4 Å². The molecule has 1 unspecified atom stereocenters. The molecule has 2 aromatic rings. The number of anilines is 1. The summed E-state index contributed by atoms with van der Waals surface area (Å²) >= 11 is 0. The Bertz CT molecular complexity index is 531. The van der Waals surface area contributed by atoms with Crippen molar-refractivity contribution in [2.45, 2.75) is 25.3 Å². The van der Waals surface area contributed by atoms with Gasteiger partial charge in [-0.1, -0.05) is 0 Å². The van der Waals surface area contributed by atoms with Gasteiger partial charge in [0.1, 0.15) is 5.65 Å². The monoisotopic (exact) mass is 230 g/mol. The number of pyridine rings is 1. The van der Waals surface area contributed by atoms with Gasteiger partial charge in [0.2, 0.25) is 0 Å². The maximum absolute atomic E-state index is 5.76. The molecule has 0 aromatic carbocycles. The minimum absolute atomic E-state index is 0.650. The first kappa shape index (κ1) is 10.6. The molecule has 1 aliphatic heterocycles. The zero-order valence-corrected chi connectivity index (χ0v) is 10.1. The van der Waals surface area contributed by atoms with Crippen molar-refractivity contribution in [1.29, 1.82) is 0 Å². The van der Waals surface area contributed by atoms with E-state index in [-0.39, 0.29) is 0 Å². The molecular formula is C13H18N4. The highest BCUT2D eigenvalue weighted by molar-refractivity contribution is 5.52. The first-order valence-electron chi connectivity index (χ1n) is 6.16. The van der Waals surface area contributed by atoms with Crippen LogP contribution in [0.25, 0.3) is 5.65 Å². The summed E-state index contributed by atoms with van der Waals surface area (Å²) < 4.78 is 2.04. The summed E-state index contributed by atoms with van der Waals surface area (Å²) in [4.78, 5) is 7.06. The van der Waals surface area contributed by atoms with Crippen LogP contribution in [0.5, 0.6) is 0 Å². The fourth-order valence-corrected chi connectivity index (χ4v) is 2.63. The fourth-order valence-electron chi connectivity index (χ4n) is 2.63. The van der Waals surface area contributed by atoms with Gasteiger partial charge in [-0.3, -0.25) is 0 Å². The number of nitrogens with two attached hydrogens (primary N) is 1. The normalized spacial score (nSPS) is 21.4. The van der Waals surface area contributed by atoms with Crippen LogP contribution < -0.4 is 5.73 Å². The lowest BCUT2D eigenvalue weighted by Gasteiger charge is -2.17. The van der Waals surface area contributed by atoms with Gasteiger partial charge in [-0.25, -0.2) is 4.98 Å². The Kier molecular flexibility index (Phi) is 2.52. The first-order valence-corrected chi connectivity index (χ1v) is 6.16. The SMILES string of the molecule is CN1CCCC1Cc1cn2ccc(N)cc2n1. The van der Waals surface area contributed by atoms with Crippen LogP contribution in [0.2, 0.25) is 0 Å². The van der Waals surface area contributed by atoms with Crippen LogP contribution in [-0.2, 0) is 6.42 Å². The van der Waals surface area contributed by atoms with Gasteiger partial charge >= 0.3 is 0 Å². The van der Waals surface area contributed by atoms with E-state index in [4.69, 9.17) is 5.73 Å². The number of hydrogen-bond donors (Lipinski definition) is 1. The minimum Gasteiger partial charge on any atom is -0.399 e. The molecule has 0 amide bonds. The molecule has 1 saturated heterocycles. The third-order valence-electron chi connectivity index (χ3n) is 3.65. The first-order chi connectivity index (χ1) is 8.22. The van der Waals surface area contributed by atoms with Crippen molar-refractivity contribution in [3.05, 3.63) is 30.2 Å². The summed E-state index contributed by atoms with van der Waals surface area (Å²) in [6.07, 6.45) is 7.71. The Labute approximate surface area is 101 Å². The highest BCUT2D eigenvalue weighted by Gasteiger charge is 2.21. The maximum atomic E-state index is 5.76. The Morgan fingerprint density at radius 1 is 1.53 bits per heavy atom. The van der Waals surface area contributed by atoms with Gasteiger partial charge in [0.25, 0.3) is 0 Å². The molecule has 90 valence electrons. The number of hydrogen-bond acceptors (Lipinski definition) is 3. The quantitative estimate of drug-likeness (QED) is 0.851. The third kappa shape index (κ3) is 2.00. The summed E-state index contributed by atoms with van der Waals surface area (Å²) in [5.41, 5.74) is 8.63. The van der Waals surface area contributed by atoms with Gasteiger partial charge in [-0.05, 0) is 32.5 Å². The molecule has 0 bridgehead atoms. The van der Waals surface area contributed by atoms with Gasteiger partial charge in [0.05, 0.1) is 5.69 Å². The van der Waals surface area contributed by atoms with Crippen molar-refractivity contribution in [3.8, 4) is 0 Å². The lowest BCUT2D eigenvalue weighted by Crippen LogP contribution is -2.26. The molecular weight excluding hydrogens is 212 g/mol. The molecule has 3 rings (SSSR count). The van der Waals surface area contributed by atoms with Gasteiger partial charge in [0, 0.05) is 36.6 Å². The van der Waals surface area contributed by atoms with Gasteiger partial charge in [0.15, 0.2) is 0 Å². The van der Waals surface area contributed by atoms with Crippen molar-refractivity contribution >= 4 is 11.3 Å². The predicted octanol–water partition coefficient (Wildman–Crippen LogP) is 1.55. The van der Waals surface area contributed by atoms with E-state index in [9.17, 15) is 0 Å². The van der Waals surface area contributed by atoms with Crippen LogP contribution in [0.1, 0.15) is 18.5 Å². The van der Waals surface area contributed by atoms with E-state index in [1.807, 2.05) is 22.7 Å². The summed E-state index contributed by atoms with van der Waals surface area (Å²) in [6, 6.07) is 4.47. The zero-order valence-electron chi connectivity index (χ0n) is 10.1. The topological polar surface area (TPSA) is 46.6 Å². The van der Waals surface area contributed by atoms with Crippen LogP contribution in [-0.4, -0.2) is 33.9 Å². The second kappa shape index (κ2) is 4.04. The van der Waals surface area contributed by atoms with E-state index < -0.39 is 0 Å².